The Balaban J connectivity index is 1.59. The lowest BCUT2D eigenvalue weighted by atomic mass is 10.2. The maximum atomic E-state index is 12.9. The number of azo groups is 1. The summed E-state index contributed by atoms with van der Waals surface area (Å²) in [4.78, 5) is 19.5. The predicted molar refractivity (Wildman–Crippen MR) is 124 cm³/mol. The van der Waals surface area contributed by atoms with Crippen LogP contribution >= 0.6 is 11.3 Å². The van der Waals surface area contributed by atoms with Gasteiger partial charge in [-0.3, -0.25) is 9.89 Å². The summed E-state index contributed by atoms with van der Waals surface area (Å²) < 4.78 is 6.59. The lowest BCUT2D eigenvalue weighted by Crippen LogP contribution is -2.13. The summed E-state index contributed by atoms with van der Waals surface area (Å²) in [5, 5.41) is 13.9. The molecule has 0 radical (unpaired) electrons. The van der Waals surface area contributed by atoms with Gasteiger partial charge in [0.25, 0.3) is 0 Å². The number of thiazole rings is 1. The third kappa shape index (κ3) is 4.26. The molecule has 31 heavy (non-hydrogen) atoms. The fourth-order valence-corrected chi connectivity index (χ4v) is 3.77. The van der Waals surface area contributed by atoms with Crippen LogP contribution in [0.1, 0.15) is 5.69 Å². The molecule has 9 heteroatoms. The zero-order valence-electron chi connectivity index (χ0n) is 17.7. The average molecular weight is 435 g/mol. The van der Waals surface area contributed by atoms with Crippen LogP contribution in [0.5, 0.6) is 5.75 Å². The van der Waals surface area contributed by atoms with E-state index < -0.39 is 0 Å². The zero-order chi connectivity index (χ0) is 22.0. The molecule has 4 aromatic rings. The Morgan fingerprint density at radius 1 is 1.06 bits per heavy atom. The second kappa shape index (κ2) is 8.57. The highest BCUT2D eigenvalue weighted by molar-refractivity contribution is 7.12. The Kier molecular flexibility index (Phi) is 5.68. The second-order valence-electron chi connectivity index (χ2n) is 7.08. The molecule has 0 aliphatic heterocycles. The molecule has 2 aromatic carbocycles. The Labute approximate surface area is 183 Å². The van der Waals surface area contributed by atoms with Crippen molar-refractivity contribution in [2.24, 2.45) is 10.2 Å². The molecule has 8 nitrogen and oxygen atoms in total. The van der Waals surface area contributed by atoms with Crippen molar-refractivity contribution in [1.82, 2.24) is 14.8 Å². The molecule has 0 aliphatic rings. The van der Waals surface area contributed by atoms with E-state index >= 15 is 0 Å². The summed E-state index contributed by atoms with van der Waals surface area (Å²) in [7, 11) is 5.57. The van der Waals surface area contributed by atoms with E-state index in [-0.39, 0.29) is 11.2 Å². The topological polar surface area (TPSA) is 87.9 Å². The number of nitrogens with zero attached hydrogens (tertiary/aromatic N) is 5. The predicted octanol–water partition coefficient (Wildman–Crippen LogP) is 5.09. The Morgan fingerprint density at radius 2 is 1.77 bits per heavy atom. The Bertz CT molecular complexity index is 1270. The van der Waals surface area contributed by atoms with Crippen molar-refractivity contribution < 1.29 is 4.74 Å². The van der Waals surface area contributed by atoms with Gasteiger partial charge in [-0.05, 0) is 55.5 Å². The van der Waals surface area contributed by atoms with Gasteiger partial charge >= 0.3 is 5.56 Å². The van der Waals surface area contributed by atoms with E-state index in [1.807, 2.05) is 72.9 Å². The van der Waals surface area contributed by atoms with Crippen LogP contribution in [0.15, 0.2) is 68.9 Å². The van der Waals surface area contributed by atoms with Crippen molar-refractivity contribution in [2.45, 2.75) is 6.92 Å². The molecule has 4 rings (SSSR count). The van der Waals surface area contributed by atoms with E-state index in [2.05, 4.69) is 20.3 Å². The third-order valence-corrected chi connectivity index (χ3v) is 5.57. The number of anilines is 1. The minimum absolute atomic E-state index is 0.262. The molecule has 0 saturated carbocycles. The molecule has 2 heterocycles. The summed E-state index contributed by atoms with van der Waals surface area (Å²) in [5.41, 5.74) is 4.06. The number of H-pyrrole nitrogens is 1. The van der Waals surface area contributed by atoms with Crippen LogP contribution in [0.4, 0.5) is 17.1 Å². The standard InChI is InChI=1S/C22H22N6O2S/c1-14-20(25-24-16-7-9-17(10-8-16)27(2)3)21(29)28(26-14)22-23-19(13-31-22)15-5-11-18(30-4)12-6-15/h5-13,26H,1-4H3. The van der Waals surface area contributed by atoms with Crippen molar-refractivity contribution in [3.8, 4) is 22.1 Å². The number of hydrogen-bond donors (Lipinski definition) is 1. The fourth-order valence-electron chi connectivity index (χ4n) is 2.98. The molecule has 1 N–H and O–H groups in total. The molecular weight excluding hydrogens is 412 g/mol. The van der Waals surface area contributed by atoms with Gasteiger partial charge in [-0.15, -0.1) is 16.5 Å². The molecule has 0 bridgehead atoms. The maximum Gasteiger partial charge on any atom is 0.301 e. The molecule has 0 spiro atoms. The summed E-state index contributed by atoms with van der Waals surface area (Å²) in [6.07, 6.45) is 0. The van der Waals surface area contributed by atoms with Gasteiger partial charge in [0.05, 0.1) is 24.2 Å². The molecule has 0 unspecified atom stereocenters. The van der Waals surface area contributed by atoms with E-state index in [1.165, 1.54) is 16.0 Å². The van der Waals surface area contributed by atoms with Gasteiger partial charge in [-0.2, -0.15) is 9.80 Å². The number of aryl methyl sites for hydroxylation is 1. The van der Waals surface area contributed by atoms with Crippen LogP contribution < -0.4 is 15.2 Å². The first-order chi connectivity index (χ1) is 15.0. The minimum atomic E-state index is -0.290. The van der Waals surface area contributed by atoms with Crippen LogP contribution in [-0.4, -0.2) is 36.0 Å². The Hall–Kier alpha value is -3.72. The second-order valence-corrected chi connectivity index (χ2v) is 7.92. The quantitative estimate of drug-likeness (QED) is 0.428. The molecular formula is C22H22N6O2S. The van der Waals surface area contributed by atoms with Crippen LogP contribution in [0.3, 0.4) is 0 Å². The number of benzene rings is 2. The first kappa shape index (κ1) is 20.5. The first-order valence-electron chi connectivity index (χ1n) is 9.57. The van der Waals surface area contributed by atoms with E-state index in [0.717, 1.165) is 22.7 Å². The lowest BCUT2D eigenvalue weighted by Gasteiger charge is -2.11. The first-order valence-corrected chi connectivity index (χ1v) is 10.5. The van der Waals surface area contributed by atoms with E-state index in [9.17, 15) is 4.79 Å². The highest BCUT2D eigenvalue weighted by Gasteiger charge is 2.15. The number of nitrogens with one attached hydrogen (secondary N) is 1. The van der Waals surface area contributed by atoms with Gasteiger partial charge in [0.1, 0.15) is 5.75 Å². The molecule has 0 atom stereocenters. The average Bonchev–Trinajstić information content (AvgIpc) is 3.37. The number of hydrogen-bond acceptors (Lipinski definition) is 7. The van der Waals surface area contributed by atoms with E-state index in [1.54, 1.807) is 14.0 Å². The van der Waals surface area contributed by atoms with Crippen molar-refractivity contribution in [3.63, 3.8) is 0 Å². The molecule has 0 fully saturated rings. The third-order valence-electron chi connectivity index (χ3n) is 4.74. The lowest BCUT2D eigenvalue weighted by molar-refractivity contribution is 0.415. The van der Waals surface area contributed by atoms with Gasteiger partial charge in [-0.25, -0.2) is 4.98 Å². The monoisotopic (exact) mass is 434 g/mol. The molecule has 0 aliphatic carbocycles. The van der Waals surface area contributed by atoms with E-state index in [0.29, 0.717) is 16.5 Å². The number of rotatable bonds is 6. The van der Waals surface area contributed by atoms with Crippen LogP contribution in [-0.2, 0) is 0 Å². The molecule has 0 amide bonds. The van der Waals surface area contributed by atoms with Gasteiger partial charge < -0.3 is 9.64 Å². The molecule has 158 valence electrons. The summed E-state index contributed by atoms with van der Waals surface area (Å²) >= 11 is 1.37. The highest BCUT2D eigenvalue weighted by Crippen LogP contribution is 2.26. The fraction of sp³-hybridized carbons (Fsp3) is 0.182. The maximum absolute atomic E-state index is 12.9. The van der Waals surface area contributed by atoms with Crippen molar-refractivity contribution >= 4 is 28.4 Å². The number of aromatic nitrogens is 3. The van der Waals surface area contributed by atoms with Gasteiger partial charge in [0.15, 0.2) is 5.69 Å². The van der Waals surface area contributed by atoms with E-state index in [4.69, 9.17) is 4.74 Å². The number of aromatic amines is 1. The minimum Gasteiger partial charge on any atom is -0.497 e. The summed E-state index contributed by atoms with van der Waals surface area (Å²) in [6.45, 7) is 1.79. The van der Waals surface area contributed by atoms with Crippen molar-refractivity contribution in [3.05, 3.63) is 70.0 Å². The molecule has 2 aromatic heterocycles. The van der Waals surface area contributed by atoms with Crippen LogP contribution in [0.25, 0.3) is 16.4 Å². The number of ether oxygens (including phenoxy) is 1. The normalized spacial score (nSPS) is 11.2. The van der Waals surface area contributed by atoms with Crippen molar-refractivity contribution in [2.75, 3.05) is 26.1 Å². The number of methoxy groups -OCH3 is 1. The largest absolute Gasteiger partial charge is 0.497 e. The van der Waals surface area contributed by atoms with Gasteiger partial charge in [0, 0.05) is 30.7 Å². The summed E-state index contributed by atoms with van der Waals surface area (Å²) in [5.74, 6) is 0.779. The van der Waals surface area contributed by atoms with Gasteiger partial charge in [0.2, 0.25) is 5.13 Å². The highest BCUT2D eigenvalue weighted by atomic mass is 32.1. The van der Waals surface area contributed by atoms with Crippen LogP contribution in [0.2, 0.25) is 0 Å². The summed E-state index contributed by atoms with van der Waals surface area (Å²) in [6, 6.07) is 15.2. The van der Waals surface area contributed by atoms with Gasteiger partial charge in [-0.1, -0.05) is 0 Å². The Morgan fingerprint density at radius 3 is 2.42 bits per heavy atom. The smallest absolute Gasteiger partial charge is 0.301 e. The van der Waals surface area contributed by atoms with Crippen molar-refractivity contribution in [1.29, 1.82) is 0 Å². The SMILES string of the molecule is COc1ccc(-c2csc(-n3[nH]c(C)c(N=Nc4ccc(N(C)C)cc4)c3=O)n2)cc1. The van der Waals surface area contributed by atoms with Crippen LogP contribution in [0, 0.1) is 6.92 Å². The molecule has 0 saturated heterocycles. The zero-order valence-corrected chi connectivity index (χ0v) is 18.5.